The summed E-state index contributed by atoms with van der Waals surface area (Å²) >= 11 is 0. The molecule has 0 bridgehead atoms. The summed E-state index contributed by atoms with van der Waals surface area (Å²) in [6.45, 7) is 7.58. The van der Waals surface area contributed by atoms with Gasteiger partial charge in [0.25, 0.3) is 5.91 Å². The molecule has 0 spiro atoms. The van der Waals surface area contributed by atoms with Crippen molar-refractivity contribution in [2.24, 2.45) is 5.92 Å². The van der Waals surface area contributed by atoms with Crippen LogP contribution in [0.25, 0.3) is 0 Å². The topological polar surface area (TPSA) is 58.1 Å². The lowest BCUT2D eigenvalue weighted by atomic mass is 10.1. The lowest BCUT2D eigenvalue weighted by Crippen LogP contribution is -2.27. The zero-order valence-corrected chi connectivity index (χ0v) is 14.9. The molecule has 1 aromatic heterocycles. The first-order valence-electron chi connectivity index (χ1n) is 8.34. The first-order chi connectivity index (χ1) is 11.5. The Morgan fingerprint density at radius 3 is 2.58 bits per heavy atom. The van der Waals surface area contributed by atoms with E-state index in [-0.39, 0.29) is 5.91 Å². The van der Waals surface area contributed by atoms with Gasteiger partial charge in [0, 0.05) is 25.8 Å². The van der Waals surface area contributed by atoms with E-state index in [2.05, 4.69) is 29.1 Å². The number of amides is 1. The summed E-state index contributed by atoms with van der Waals surface area (Å²) in [5.41, 5.74) is 2.30. The largest absolute Gasteiger partial charge is 0.354 e. The zero-order valence-electron chi connectivity index (χ0n) is 14.9. The van der Waals surface area contributed by atoms with Gasteiger partial charge in [-0.25, -0.2) is 9.97 Å². The fraction of sp³-hybridized carbons (Fsp3) is 0.421. The van der Waals surface area contributed by atoms with Crippen LogP contribution >= 0.6 is 0 Å². The third-order valence-electron chi connectivity index (χ3n) is 3.69. The van der Waals surface area contributed by atoms with Crippen LogP contribution in [0.4, 0.5) is 5.95 Å². The molecule has 0 unspecified atom stereocenters. The molecule has 5 heteroatoms. The number of benzene rings is 1. The lowest BCUT2D eigenvalue weighted by molar-refractivity contribution is 0.0779. The summed E-state index contributed by atoms with van der Waals surface area (Å²) in [5.74, 6) is 1.03. The summed E-state index contributed by atoms with van der Waals surface area (Å²) in [4.78, 5) is 23.1. The van der Waals surface area contributed by atoms with Gasteiger partial charge in [-0.3, -0.25) is 4.79 Å². The van der Waals surface area contributed by atoms with E-state index in [9.17, 15) is 4.79 Å². The van der Waals surface area contributed by atoms with E-state index < -0.39 is 0 Å². The molecule has 0 saturated carbocycles. The quantitative estimate of drug-likeness (QED) is 0.846. The van der Waals surface area contributed by atoms with Crippen molar-refractivity contribution in [3.8, 4) is 0 Å². The second-order valence-corrected chi connectivity index (χ2v) is 6.47. The number of anilines is 1. The molecule has 0 radical (unpaired) electrons. The summed E-state index contributed by atoms with van der Waals surface area (Å²) in [6.07, 6.45) is 1.04. The summed E-state index contributed by atoms with van der Waals surface area (Å²) < 4.78 is 0. The normalized spacial score (nSPS) is 10.7. The summed E-state index contributed by atoms with van der Waals surface area (Å²) in [5, 5.41) is 3.21. The van der Waals surface area contributed by atoms with Gasteiger partial charge in [0.2, 0.25) is 5.95 Å². The van der Waals surface area contributed by atoms with Crippen molar-refractivity contribution in [1.29, 1.82) is 0 Å². The molecule has 1 heterocycles. The molecule has 1 N–H and O–H groups in total. The molecule has 2 aromatic rings. The average molecular weight is 326 g/mol. The van der Waals surface area contributed by atoms with E-state index in [4.69, 9.17) is 0 Å². The van der Waals surface area contributed by atoms with Crippen molar-refractivity contribution in [1.82, 2.24) is 14.9 Å². The minimum absolute atomic E-state index is 0.101. The van der Waals surface area contributed by atoms with E-state index in [1.807, 2.05) is 37.3 Å². The van der Waals surface area contributed by atoms with Gasteiger partial charge in [0.15, 0.2) is 0 Å². The van der Waals surface area contributed by atoms with Gasteiger partial charge in [0.05, 0.1) is 0 Å². The summed E-state index contributed by atoms with van der Waals surface area (Å²) in [7, 11) is 1.79. The third-order valence-corrected chi connectivity index (χ3v) is 3.69. The first kappa shape index (κ1) is 17.9. The highest BCUT2D eigenvalue weighted by Gasteiger charge is 2.15. The molecule has 1 aromatic carbocycles. The number of aromatic nitrogens is 2. The molecule has 0 saturated heterocycles. The standard InChI is InChI=1S/C19H26N4O/c1-14(2)10-11-20-19-21-15(3)12-17(22-19)18(24)23(4)13-16-8-6-5-7-9-16/h5-9,12,14H,10-11,13H2,1-4H3,(H,20,21,22). The Morgan fingerprint density at radius 2 is 1.92 bits per heavy atom. The van der Waals surface area contributed by atoms with Gasteiger partial charge in [0.1, 0.15) is 5.69 Å². The van der Waals surface area contributed by atoms with Crippen LogP contribution in [0.15, 0.2) is 36.4 Å². The Morgan fingerprint density at radius 1 is 1.21 bits per heavy atom. The minimum Gasteiger partial charge on any atom is -0.354 e. The van der Waals surface area contributed by atoms with Crippen molar-refractivity contribution < 1.29 is 4.79 Å². The van der Waals surface area contributed by atoms with E-state index in [1.165, 1.54) is 0 Å². The van der Waals surface area contributed by atoms with Crippen LogP contribution in [0.1, 0.15) is 42.0 Å². The lowest BCUT2D eigenvalue weighted by Gasteiger charge is -2.17. The van der Waals surface area contributed by atoms with Gasteiger partial charge in [-0.2, -0.15) is 0 Å². The number of nitrogens with zero attached hydrogens (tertiary/aromatic N) is 3. The monoisotopic (exact) mass is 326 g/mol. The molecule has 0 aliphatic carbocycles. The van der Waals surface area contributed by atoms with Gasteiger partial charge < -0.3 is 10.2 Å². The van der Waals surface area contributed by atoms with Crippen LogP contribution in [0.3, 0.4) is 0 Å². The van der Waals surface area contributed by atoms with Crippen LogP contribution in [0.5, 0.6) is 0 Å². The maximum atomic E-state index is 12.6. The number of hydrogen-bond acceptors (Lipinski definition) is 4. The second-order valence-electron chi connectivity index (χ2n) is 6.47. The molecule has 2 rings (SSSR count). The Balaban J connectivity index is 2.06. The van der Waals surface area contributed by atoms with Gasteiger partial charge >= 0.3 is 0 Å². The van der Waals surface area contributed by atoms with Gasteiger partial charge in [-0.05, 0) is 30.9 Å². The van der Waals surface area contributed by atoms with Crippen molar-refractivity contribution >= 4 is 11.9 Å². The van der Waals surface area contributed by atoms with E-state index in [0.29, 0.717) is 24.1 Å². The van der Waals surface area contributed by atoms with Crippen LogP contribution in [0.2, 0.25) is 0 Å². The molecule has 24 heavy (non-hydrogen) atoms. The number of nitrogens with one attached hydrogen (secondary N) is 1. The zero-order chi connectivity index (χ0) is 17.5. The molecule has 0 aliphatic rings. The fourth-order valence-corrected chi connectivity index (χ4v) is 2.35. The van der Waals surface area contributed by atoms with E-state index in [0.717, 1.165) is 24.2 Å². The Kier molecular flexibility index (Phi) is 6.29. The Bertz CT molecular complexity index is 670. The van der Waals surface area contributed by atoms with Crippen LogP contribution in [0, 0.1) is 12.8 Å². The Hall–Kier alpha value is -2.43. The van der Waals surface area contributed by atoms with E-state index >= 15 is 0 Å². The number of carbonyl (C=O) groups is 1. The average Bonchev–Trinajstić information content (AvgIpc) is 2.54. The number of rotatable bonds is 7. The molecule has 128 valence electrons. The molecule has 1 amide bonds. The highest BCUT2D eigenvalue weighted by molar-refractivity contribution is 5.92. The van der Waals surface area contributed by atoms with Crippen LogP contribution in [-0.4, -0.2) is 34.4 Å². The Labute approximate surface area is 144 Å². The third kappa shape index (κ3) is 5.33. The highest BCUT2D eigenvalue weighted by atomic mass is 16.2. The van der Waals surface area contributed by atoms with Crippen LogP contribution < -0.4 is 5.32 Å². The van der Waals surface area contributed by atoms with Crippen molar-refractivity contribution in [3.63, 3.8) is 0 Å². The number of aryl methyl sites for hydroxylation is 1. The van der Waals surface area contributed by atoms with Crippen molar-refractivity contribution in [2.45, 2.75) is 33.7 Å². The smallest absolute Gasteiger partial charge is 0.272 e. The van der Waals surface area contributed by atoms with E-state index in [1.54, 1.807) is 18.0 Å². The molecule has 5 nitrogen and oxygen atoms in total. The molecular formula is C19H26N4O. The molecule has 0 fully saturated rings. The predicted molar refractivity (Wildman–Crippen MR) is 97.0 cm³/mol. The highest BCUT2D eigenvalue weighted by Crippen LogP contribution is 2.10. The summed E-state index contributed by atoms with van der Waals surface area (Å²) in [6, 6.07) is 11.7. The maximum absolute atomic E-state index is 12.6. The van der Waals surface area contributed by atoms with Gasteiger partial charge in [-0.15, -0.1) is 0 Å². The minimum atomic E-state index is -0.101. The molecular weight excluding hydrogens is 300 g/mol. The number of hydrogen-bond donors (Lipinski definition) is 1. The first-order valence-corrected chi connectivity index (χ1v) is 8.34. The maximum Gasteiger partial charge on any atom is 0.272 e. The molecule has 0 aliphatic heterocycles. The molecule has 0 atom stereocenters. The number of carbonyl (C=O) groups excluding carboxylic acids is 1. The van der Waals surface area contributed by atoms with Crippen molar-refractivity contribution in [2.75, 3.05) is 18.9 Å². The van der Waals surface area contributed by atoms with Gasteiger partial charge in [-0.1, -0.05) is 44.2 Å². The van der Waals surface area contributed by atoms with Crippen molar-refractivity contribution in [3.05, 3.63) is 53.3 Å². The predicted octanol–water partition coefficient (Wildman–Crippen LogP) is 3.52. The SMILES string of the molecule is Cc1cc(C(=O)N(C)Cc2ccccc2)nc(NCCC(C)C)n1. The fourth-order valence-electron chi connectivity index (χ4n) is 2.35. The second kappa shape index (κ2) is 8.43. The van der Waals surface area contributed by atoms with Crippen LogP contribution in [-0.2, 0) is 6.54 Å².